The summed E-state index contributed by atoms with van der Waals surface area (Å²) in [5.74, 6) is 1.14. The monoisotopic (exact) mass is 243 g/mol. The molecule has 0 bridgehead atoms. The number of rotatable bonds is 5. The summed E-state index contributed by atoms with van der Waals surface area (Å²) in [7, 11) is 0. The summed E-state index contributed by atoms with van der Waals surface area (Å²) in [6.07, 6.45) is 5.97. The van der Waals surface area contributed by atoms with Crippen molar-refractivity contribution in [1.82, 2.24) is 9.55 Å². The normalized spacial score (nSPS) is 10.8. The van der Waals surface area contributed by atoms with Crippen LogP contribution in [-0.4, -0.2) is 9.55 Å². The third kappa shape index (κ3) is 2.79. The van der Waals surface area contributed by atoms with E-state index in [-0.39, 0.29) is 0 Å². The summed E-state index contributed by atoms with van der Waals surface area (Å²) >= 11 is 0. The van der Waals surface area contributed by atoms with E-state index < -0.39 is 0 Å². The van der Waals surface area contributed by atoms with Crippen molar-refractivity contribution < 1.29 is 0 Å². The second-order valence-corrected chi connectivity index (χ2v) is 4.68. The maximum atomic E-state index is 5.65. The van der Waals surface area contributed by atoms with E-state index >= 15 is 0 Å². The number of aryl methyl sites for hydroxylation is 2. The number of aromatic nitrogens is 2. The fraction of sp³-hybridized carbons (Fsp3) is 0.400. The van der Waals surface area contributed by atoms with E-state index in [1.807, 2.05) is 6.20 Å². The summed E-state index contributed by atoms with van der Waals surface area (Å²) in [5, 5.41) is 0. The quantitative estimate of drug-likeness (QED) is 0.877. The van der Waals surface area contributed by atoms with Gasteiger partial charge in [0.05, 0.1) is 0 Å². The molecule has 3 nitrogen and oxygen atoms in total. The van der Waals surface area contributed by atoms with Gasteiger partial charge in [-0.2, -0.15) is 0 Å². The lowest BCUT2D eigenvalue weighted by Gasteiger charge is -2.09. The van der Waals surface area contributed by atoms with E-state index in [4.69, 9.17) is 5.73 Å². The average Bonchev–Trinajstić information content (AvgIpc) is 2.80. The Bertz CT molecular complexity index is 514. The molecule has 0 saturated heterocycles. The van der Waals surface area contributed by atoms with Crippen molar-refractivity contribution in [2.24, 2.45) is 5.73 Å². The summed E-state index contributed by atoms with van der Waals surface area (Å²) < 4.78 is 2.23. The maximum absolute atomic E-state index is 5.65. The van der Waals surface area contributed by atoms with Crippen molar-refractivity contribution >= 4 is 0 Å². The van der Waals surface area contributed by atoms with Crippen LogP contribution in [-0.2, 0) is 19.5 Å². The molecule has 0 radical (unpaired) electrons. The van der Waals surface area contributed by atoms with Gasteiger partial charge in [0.1, 0.15) is 5.82 Å². The van der Waals surface area contributed by atoms with Crippen LogP contribution in [0.1, 0.15) is 35.9 Å². The Hall–Kier alpha value is -1.61. The molecular formula is C15H21N3. The van der Waals surface area contributed by atoms with Gasteiger partial charge in [0.2, 0.25) is 0 Å². The second kappa shape index (κ2) is 5.83. The molecule has 2 rings (SSSR count). The minimum atomic E-state index is 0.603. The Morgan fingerprint density at radius 2 is 2.17 bits per heavy atom. The van der Waals surface area contributed by atoms with Gasteiger partial charge < -0.3 is 10.3 Å². The summed E-state index contributed by atoms with van der Waals surface area (Å²) in [6, 6.07) is 6.44. The molecule has 0 saturated carbocycles. The van der Waals surface area contributed by atoms with Crippen molar-refractivity contribution in [2.75, 3.05) is 0 Å². The van der Waals surface area contributed by atoms with Gasteiger partial charge in [-0.1, -0.05) is 25.1 Å². The Morgan fingerprint density at radius 3 is 2.83 bits per heavy atom. The van der Waals surface area contributed by atoms with E-state index in [1.54, 1.807) is 0 Å². The molecule has 3 heteroatoms. The SMILES string of the molecule is CCCn1ccnc1Cc1ccc(CN)cc1C. The smallest absolute Gasteiger partial charge is 0.113 e. The third-order valence-electron chi connectivity index (χ3n) is 3.26. The standard InChI is InChI=1S/C15H21N3/c1-3-7-18-8-6-17-15(18)10-14-5-4-13(11-16)9-12(14)2/h4-6,8-9H,3,7,10-11,16H2,1-2H3. The highest BCUT2D eigenvalue weighted by atomic mass is 15.1. The van der Waals surface area contributed by atoms with Gasteiger partial charge in [-0.15, -0.1) is 0 Å². The van der Waals surface area contributed by atoms with Crippen molar-refractivity contribution in [3.8, 4) is 0 Å². The van der Waals surface area contributed by atoms with Crippen LogP contribution in [0.2, 0.25) is 0 Å². The highest BCUT2D eigenvalue weighted by Gasteiger charge is 2.06. The van der Waals surface area contributed by atoms with Gasteiger partial charge in [-0.3, -0.25) is 0 Å². The molecule has 0 aliphatic carbocycles. The topological polar surface area (TPSA) is 43.8 Å². The molecule has 2 aromatic rings. The maximum Gasteiger partial charge on any atom is 0.113 e. The lowest BCUT2D eigenvalue weighted by Crippen LogP contribution is -2.05. The first-order chi connectivity index (χ1) is 8.74. The fourth-order valence-corrected chi connectivity index (χ4v) is 2.21. The second-order valence-electron chi connectivity index (χ2n) is 4.68. The summed E-state index contributed by atoms with van der Waals surface area (Å²) in [5.41, 5.74) is 9.46. The van der Waals surface area contributed by atoms with Gasteiger partial charge in [0, 0.05) is 31.9 Å². The largest absolute Gasteiger partial charge is 0.335 e. The molecular weight excluding hydrogens is 222 g/mol. The number of nitrogens with zero attached hydrogens (tertiary/aromatic N) is 2. The molecule has 0 fully saturated rings. The van der Waals surface area contributed by atoms with E-state index in [0.29, 0.717) is 6.54 Å². The van der Waals surface area contributed by atoms with Crippen LogP contribution in [0.4, 0.5) is 0 Å². The minimum Gasteiger partial charge on any atom is -0.335 e. The average molecular weight is 243 g/mol. The number of hydrogen-bond donors (Lipinski definition) is 1. The first-order valence-corrected chi connectivity index (χ1v) is 6.53. The zero-order chi connectivity index (χ0) is 13.0. The van der Waals surface area contributed by atoms with Crippen LogP contribution in [0.5, 0.6) is 0 Å². The molecule has 1 aromatic carbocycles. The predicted molar refractivity (Wildman–Crippen MR) is 74.4 cm³/mol. The van der Waals surface area contributed by atoms with Crippen LogP contribution in [0.3, 0.4) is 0 Å². The third-order valence-corrected chi connectivity index (χ3v) is 3.26. The van der Waals surface area contributed by atoms with Gasteiger partial charge in [-0.05, 0) is 30.0 Å². The first kappa shape index (κ1) is 12.8. The molecule has 0 spiro atoms. The lowest BCUT2D eigenvalue weighted by atomic mass is 10.0. The van der Waals surface area contributed by atoms with E-state index in [0.717, 1.165) is 25.2 Å². The van der Waals surface area contributed by atoms with Crippen molar-refractivity contribution in [3.63, 3.8) is 0 Å². The Kier molecular flexibility index (Phi) is 4.15. The molecule has 0 unspecified atom stereocenters. The van der Waals surface area contributed by atoms with Crippen molar-refractivity contribution in [3.05, 3.63) is 53.1 Å². The molecule has 1 heterocycles. The first-order valence-electron chi connectivity index (χ1n) is 6.53. The number of hydrogen-bond acceptors (Lipinski definition) is 2. The number of nitrogens with two attached hydrogens (primary N) is 1. The highest BCUT2D eigenvalue weighted by molar-refractivity contribution is 5.33. The Balaban J connectivity index is 2.20. The van der Waals surface area contributed by atoms with E-state index in [9.17, 15) is 0 Å². The highest BCUT2D eigenvalue weighted by Crippen LogP contribution is 2.15. The number of benzene rings is 1. The van der Waals surface area contributed by atoms with Crippen molar-refractivity contribution in [1.29, 1.82) is 0 Å². The molecule has 96 valence electrons. The predicted octanol–water partition coefficient (Wildman–Crippen LogP) is 2.65. The van der Waals surface area contributed by atoms with Crippen LogP contribution < -0.4 is 5.73 Å². The molecule has 0 amide bonds. The Morgan fingerprint density at radius 1 is 1.33 bits per heavy atom. The Labute approximate surface area is 109 Å². The molecule has 0 aliphatic rings. The van der Waals surface area contributed by atoms with Gasteiger partial charge in [0.25, 0.3) is 0 Å². The fourth-order valence-electron chi connectivity index (χ4n) is 2.21. The number of imidazole rings is 1. The molecule has 0 atom stereocenters. The van der Waals surface area contributed by atoms with Gasteiger partial charge >= 0.3 is 0 Å². The van der Waals surface area contributed by atoms with E-state index in [1.165, 1.54) is 16.7 Å². The lowest BCUT2D eigenvalue weighted by molar-refractivity contribution is 0.646. The van der Waals surface area contributed by atoms with Gasteiger partial charge in [-0.25, -0.2) is 4.98 Å². The van der Waals surface area contributed by atoms with Crippen LogP contribution >= 0.6 is 0 Å². The molecule has 18 heavy (non-hydrogen) atoms. The zero-order valence-electron chi connectivity index (χ0n) is 11.2. The van der Waals surface area contributed by atoms with Crippen LogP contribution in [0, 0.1) is 6.92 Å². The summed E-state index contributed by atoms with van der Waals surface area (Å²) in [4.78, 5) is 4.45. The zero-order valence-corrected chi connectivity index (χ0v) is 11.2. The minimum absolute atomic E-state index is 0.603. The van der Waals surface area contributed by atoms with Crippen molar-refractivity contribution in [2.45, 2.75) is 39.8 Å². The van der Waals surface area contributed by atoms with Gasteiger partial charge in [0.15, 0.2) is 0 Å². The molecule has 0 aliphatic heterocycles. The molecule has 1 aromatic heterocycles. The van der Waals surface area contributed by atoms with Crippen LogP contribution in [0.25, 0.3) is 0 Å². The van der Waals surface area contributed by atoms with E-state index in [2.05, 4.69) is 47.8 Å². The van der Waals surface area contributed by atoms with Crippen LogP contribution in [0.15, 0.2) is 30.6 Å². The summed E-state index contributed by atoms with van der Waals surface area (Å²) in [6.45, 7) is 5.97. The molecule has 2 N–H and O–H groups in total.